The Kier molecular flexibility index (Phi) is 3.77. The van der Waals surface area contributed by atoms with Crippen molar-refractivity contribution in [1.82, 2.24) is 4.90 Å². The monoisotopic (exact) mass is 347 g/mol. The molecule has 128 valence electrons. The van der Waals surface area contributed by atoms with Crippen LogP contribution in [0, 0.1) is 17.8 Å². The second-order valence-electron chi connectivity index (χ2n) is 7.20. The lowest BCUT2D eigenvalue weighted by molar-refractivity contribution is -0.154. The SMILES string of the molecule is CC(C)COC(=O)[C@@H]1[C@H]2C=C[C@@]3(CN(Cc4cccs4)C(=O)[C@@H]13)O2. The average molecular weight is 347 g/mol. The minimum Gasteiger partial charge on any atom is -0.465 e. The third kappa shape index (κ3) is 2.40. The van der Waals surface area contributed by atoms with Crippen LogP contribution in [0.3, 0.4) is 0 Å². The van der Waals surface area contributed by atoms with Gasteiger partial charge in [-0.3, -0.25) is 9.59 Å². The van der Waals surface area contributed by atoms with E-state index in [1.165, 1.54) is 0 Å². The molecule has 0 radical (unpaired) electrons. The van der Waals surface area contributed by atoms with E-state index in [1.54, 1.807) is 11.3 Å². The Morgan fingerprint density at radius 1 is 1.54 bits per heavy atom. The molecule has 0 aromatic carbocycles. The fourth-order valence-corrected chi connectivity index (χ4v) is 4.64. The number of rotatable bonds is 5. The number of esters is 1. The summed E-state index contributed by atoms with van der Waals surface area (Å²) in [5.74, 6) is -1.01. The van der Waals surface area contributed by atoms with Crippen LogP contribution in [0.5, 0.6) is 0 Å². The number of fused-ring (bicyclic) bond motifs is 1. The molecule has 3 aliphatic rings. The number of likely N-dealkylation sites (tertiary alicyclic amines) is 1. The van der Waals surface area contributed by atoms with Gasteiger partial charge in [0.2, 0.25) is 5.91 Å². The molecule has 5 nitrogen and oxygen atoms in total. The smallest absolute Gasteiger partial charge is 0.312 e. The van der Waals surface area contributed by atoms with E-state index in [9.17, 15) is 9.59 Å². The molecule has 0 unspecified atom stereocenters. The first kappa shape index (κ1) is 15.8. The second kappa shape index (κ2) is 5.70. The number of hydrogen-bond donors (Lipinski definition) is 0. The molecule has 1 amide bonds. The van der Waals surface area contributed by atoms with Crippen molar-refractivity contribution in [3.05, 3.63) is 34.5 Å². The number of nitrogens with zero attached hydrogens (tertiary/aromatic N) is 1. The molecule has 0 N–H and O–H groups in total. The molecular formula is C18H21NO4S. The maximum absolute atomic E-state index is 13.0. The highest BCUT2D eigenvalue weighted by Gasteiger charge is 2.67. The molecule has 1 aromatic rings. The summed E-state index contributed by atoms with van der Waals surface area (Å²) in [5.41, 5.74) is -0.652. The predicted octanol–water partition coefficient (Wildman–Crippen LogP) is 2.23. The molecule has 1 aromatic heterocycles. The third-order valence-corrected chi connectivity index (χ3v) is 5.80. The van der Waals surface area contributed by atoms with Crippen molar-refractivity contribution < 1.29 is 19.1 Å². The largest absolute Gasteiger partial charge is 0.465 e. The van der Waals surface area contributed by atoms with E-state index in [4.69, 9.17) is 9.47 Å². The van der Waals surface area contributed by atoms with Crippen LogP contribution in [0.2, 0.25) is 0 Å². The van der Waals surface area contributed by atoms with Gasteiger partial charge in [0, 0.05) is 4.88 Å². The van der Waals surface area contributed by atoms with Crippen molar-refractivity contribution in [2.75, 3.05) is 13.2 Å². The van der Waals surface area contributed by atoms with Gasteiger partial charge in [-0.1, -0.05) is 32.1 Å². The number of carbonyl (C=O) groups is 2. The van der Waals surface area contributed by atoms with Gasteiger partial charge in [0.25, 0.3) is 0 Å². The quantitative estimate of drug-likeness (QED) is 0.605. The fraction of sp³-hybridized carbons (Fsp3) is 0.556. The summed E-state index contributed by atoms with van der Waals surface area (Å²) in [6.07, 6.45) is 3.56. The molecule has 1 spiro atoms. The molecule has 3 aliphatic heterocycles. The molecule has 6 heteroatoms. The number of hydrogen-bond acceptors (Lipinski definition) is 5. The van der Waals surface area contributed by atoms with Gasteiger partial charge >= 0.3 is 5.97 Å². The van der Waals surface area contributed by atoms with E-state index in [2.05, 4.69) is 0 Å². The number of carbonyl (C=O) groups excluding carboxylic acids is 2. The van der Waals surface area contributed by atoms with Gasteiger partial charge in [0.1, 0.15) is 11.5 Å². The van der Waals surface area contributed by atoms with Crippen molar-refractivity contribution in [3.8, 4) is 0 Å². The van der Waals surface area contributed by atoms with E-state index in [-0.39, 0.29) is 23.9 Å². The van der Waals surface area contributed by atoms with Crippen LogP contribution in [0.25, 0.3) is 0 Å². The maximum Gasteiger partial charge on any atom is 0.312 e. The molecule has 4 heterocycles. The van der Waals surface area contributed by atoms with Crippen LogP contribution in [0.1, 0.15) is 18.7 Å². The van der Waals surface area contributed by atoms with Gasteiger partial charge in [0.15, 0.2) is 0 Å². The van der Waals surface area contributed by atoms with E-state index < -0.39 is 17.4 Å². The lowest BCUT2D eigenvalue weighted by Gasteiger charge is -2.23. The highest BCUT2D eigenvalue weighted by molar-refractivity contribution is 7.09. The first-order valence-electron chi connectivity index (χ1n) is 8.35. The second-order valence-corrected chi connectivity index (χ2v) is 8.23. The standard InChI is InChI=1S/C18H21NO4S/c1-11(2)9-22-17(21)14-13-5-6-18(23-13)10-19(16(20)15(14)18)8-12-4-3-7-24-12/h3-7,11,13-15H,8-10H2,1-2H3/t13-,14-,15-,18+/m1/s1. The Balaban J connectivity index is 1.54. The maximum atomic E-state index is 13.0. The molecule has 4 atom stereocenters. The number of ether oxygens (including phenoxy) is 2. The molecule has 0 saturated carbocycles. The summed E-state index contributed by atoms with van der Waals surface area (Å²) in [6, 6.07) is 4.00. The highest BCUT2D eigenvalue weighted by Crippen LogP contribution is 2.52. The minimum atomic E-state index is -0.652. The van der Waals surface area contributed by atoms with E-state index in [0.29, 0.717) is 19.7 Å². The summed E-state index contributed by atoms with van der Waals surface area (Å²) in [5, 5.41) is 2.00. The van der Waals surface area contributed by atoms with E-state index in [0.717, 1.165) is 4.88 Å². The molecule has 4 rings (SSSR count). The first-order chi connectivity index (χ1) is 11.5. The van der Waals surface area contributed by atoms with Crippen molar-refractivity contribution in [1.29, 1.82) is 0 Å². The van der Waals surface area contributed by atoms with Crippen molar-refractivity contribution in [2.24, 2.45) is 17.8 Å². The third-order valence-electron chi connectivity index (χ3n) is 4.94. The van der Waals surface area contributed by atoms with Crippen LogP contribution in [-0.2, 0) is 25.6 Å². The number of amides is 1. The fourth-order valence-electron chi connectivity index (χ4n) is 3.92. The molecule has 0 aliphatic carbocycles. The van der Waals surface area contributed by atoms with Gasteiger partial charge in [0.05, 0.1) is 31.7 Å². The molecule has 2 fully saturated rings. The lowest BCUT2D eigenvalue weighted by Crippen LogP contribution is -2.40. The summed E-state index contributed by atoms with van der Waals surface area (Å²) in [6.45, 7) is 5.45. The normalized spacial score (nSPS) is 33.5. The van der Waals surface area contributed by atoms with Gasteiger partial charge < -0.3 is 14.4 Å². The van der Waals surface area contributed by atoms with Gasteiger partial charge in [-0.05, 0) is 17.4 Å². The van der Waals surface area contributed by atoms with Gasteiger partial charge in [-0.2, -0.15) is 0 Å². The zero-order chi connectivity index (χ0) is 16.9. The summed E-state index contributed by atoms with van der Waals surface area (Å²) in [7, 11) is 0. The summed E-state index contributed by atoms with van der Waals surface area (Å²) in [4.78, 5) is 28.5. The lowest BCUT2D eigenvalue weighted by atomic mass is 9.77. The topological polar surface area (TPSA) is 55.8 Å². The Morgan fingerprint density at radius 3 is 3.08 bits per heavy atom. The summed E-state index contributed by atoms with van der Waals surface area (Å²) >= 11 is 1.63. The zero-order valence-electron chi connectivity index (χ0n) is 13.8. The molecule has 2 saturated heterocycles. The van der Waals surface area contributed by atoms with Crippen LogP contribution >= 0.6 is 11.3 Å². The van der Waals surface area contributed by atoms with Gasteiger partial charge in [-0.15, -0.1) is 11.3 Å². The number of thiophene rings is 1. The molecule has 2 bridgehead atoms. The first-order valence-corrected chi connectivity index (χ1v) is 9.23. The van der Waals surface area contributed by atoms with Crippen molar-refractivity contribution in [3.63, 3.8) is 0 Å². The molecule has 24 heavy (non-hydrogen) atoms. The van der Waals surface area contributed by atoms with Crippen LogP contribution < -0.4 is 0 Å². The Bertz CT molecular complexity index is 683. The average Bonchev–Trinajstić information content (AvgIpc) is 3.28. The van der Waals surface area contributed by atoms with Crippen molar-refractivity contribution in [2.45, 2.75) is 32.1 Å². The van der Waals surface area contributed by atoms with Crippen molar-refractivity contribution >= 4 is 23.2 Å². The van der Waals surface area contributed by atoms with Crippen LogP contribution in [-0.4, -0.2) is 41.6 Å². The highest BCUT2D eigenvalue weighted by atomic mass is 32.1. The van der Waals surface area contributed by atoms with Crippen LogP contribution in [0.15, 0.2) is 29.7 Å². The van der Waals surface area contributed by atoms with E-state index in [1.807, 2.05) is 48.4 Å². The Labute approximate surface area is 145 Å². The zero-order valence-corrected chi connectivity index (χ0v) is 14.6. The summed E-state index contributed by atoms with van der Waals surface area (Å²) < 4.78 is 11.5. The Morgan fingerprint density at radius 2 is 2.38 bits per heavy atom. The minimum absolute atomic E-state index is 0.00162. The van der Waals surface area contributed by atoms with Gasteiger partial charge in [-0.25, -0.2) is 0 Å². The van der Waals surface area contributed by atoms with E-state index >= 15 is 0 Å². The van der Waals surface area contributed by atoms with Crippen LogP contribution in [0.4, 0.5) is 0 Å². The molecular weight excluding hydrogens is 326 g/mol. The predicted molar refractivity (Wildman–Crippen MR) is 89.3 cm³/mol. The Hall–Kier alpha value is -1.66.